The number of nitrogens with zero attached hydrogens (tertiary/aromatic N) is 3. The Morgan fingerprint density at radius 1 is 1.12 bits per heavy atom. The number of carbonyl (C=O) groups is 1. The number of anilines is 1. The van der Waals surface area contributed by atoms with Crippen molar-refractivity contribution in [3.8, 4) is 5.69 Å². The van der Waals surface area contributed by atoms with Gasteiger partial charge in [-0.3, -0.25) is 20.1 Å². The number of thiocarbonyl (C=S) groups is 1. The summed E-state index contributed by atoms with van der Waals surface area (Å²) in [5, 5.41) is 10.7. The first-order valence-electron chi connectivity index (χ1n) is 11.1. The second-order valence-corrected chi connectivity index (χ2v) is 8.85. The average molecular weight is 477 g/mol. The molecule has 9 heteroatoms. The molecule has 0 atom stereocenters. The van der Waals surface area contributed by atoms with E-state index in [2.05, 4.69) is 20.9 Å². The summed E-state index contributed by atoms with van der Waals surface area (Å²) >= 11 is 5.58. The van der Waals surface area contributed by atoms with Crippen LogP contribution in [0.5, 0.6) is 0 Å². The van der Waals surface area contributed by atoms with E-state index < -0.39 is 0 Å². The number of amides is 1. The van der Waals surface area contributed by atoms with Crippen LogP contribution in [0.25, 0.3) is 5.69 Å². The predicted molar refractivity (Wildman–Crippen MR) is 139 cm³/mol. The summed E-state index contributed by atoms with van der Waals surface area (Å²) in [6.45, 7) is 8.39. The largest absolute Gasteiger partial charge is 0.355 e. The SMILES string of the molecule is CNC(=O)c1ccc2c(c1)CCN2C(=S)NN=C(C)c1c(C)[nH]n(-c2ccc(C)c(C)c2)c1=O. The highest BCUT2D eigenvalue weighted by Gasteiger charge is 2.23. The number of carbonyl (C=O) groups excluding carboxylic acids is 1. The number of benzene rings is 2. The van der Waals surface area contributed by atoms with E-state index in [1.54, 1.807) is 20.0 Å². The van der Waals surface area contributed by atoms with E-state index in [-0.39, 0.29) is 11.5 Å². The summed E-state index contributed by atoms with van der Waals surface area (Å²) in [7, 11) is 1.62. The van der Waals surface area contributed by atoms with Gasteiger partial charge in [-0.05, 0) is 93.4 Å². The second kappa shape index (κ2) is 9.26. The van der Waals surface area contributed by atoms with Crippen LogP contribution in [-0.4, -0.2) is 40.1 Å². The first-order chi connectivity index (χ1) is 16.2. The normalized spacial score (nSPS) is 13.1. The minimum Gasteiger partial charge on any atom is -0.355 e. The number of aromatic amines is 1. The molecule has 0 aliphatic carbocycles. The van der Waals surface area contributed by atoms with E-state index in [0.717, 1.165) is 34.6 Å². The van der Waals surface area contributed by atoms with Gasteiger partial charge in [0.2, 0.25) is 0 Å². The maximum Gasteiger partial charge on any atom is 0.280 e. The molecule has 1 aromatic heterocycles. The third-order valence-corrected chi connectivity index (χ3v) is 6.52. The molecule has 176 valence electrons. The molecule has 3 N–H and O–H groups in total. The summed E-state index contributed by atoms with van der Waals surface area (Å²) in [5.74, 6) is -0.115. The Morgan fingerprint density at radius 2 is 1.88 bits per heavy atom. The van der Waals surface area contributed by atoms with Crippen molar-refractivity contribution >= 4 is 34.6 Å². The number of rotatable bonds is 4. The Labute approximate surface area is 203 Å². The number of nitrogens with one attached hydrogen (secondary N) is 3. The van der Waals surface area contributed by atoms with Crippen LogP contribution in [0.1, 0.15) is 45.2 Å². The van der Waals surface area contributed by atoms with Crippen LogP contribution in [0.15, 0.2) is 46.3 Å². The molecule has 3 aromatic rings. The molecule has 0 radical (unpaired) electrons. The molecule has 0 spiro atoms. The lowest BCUT2D eigenvalue weighted by atomic mass is 10.1. The summed E-state index contributed by atoms with van der Waals surface area (Å²) in [4.78, 5) is 27.0. The zero-order valence-corrected chi connectivity index (χ0v) is 20.8. The maximum absolute atomic E-state index is 13.2. The van der Waals surface area contributed by atoms with Gasteiger partial charge in [-0.1, -0.05) is 6.07 Å². The van der Waals surface area contributed by atoms with E-state index in [0.29, 0.717) is 28.5 Å². The molecule has 2 heterocycles. The summed E-state index contributed by atoms with van der Waals surface area (Å²) in [5.41, 5.74) is 10.2. The fraction of sp³-hybridized carbons (Fsp3) is 0.280. The van der Waals surface area contributed by atoms with E-state index >= 15 is 0 Å². The Kier molecular flexibility index (Phi) is 6.39. The van der Waals surface area contributed by atoms with Gasteiger partial charge in [0.05, 0.1) is 17.0 Å². The van der Waals surface area contributed by atoms with Gasteiger partial charge < -0.3 is 10.2 Å². The molecular formula is C25H28N6O2S. The first kappa shape index (κ1) is 23.4. The maximum atomic E-state index is 13.2. The number of hydrogen-bond acceptors (Lipinski definition) is 4. The smallest absolute Gasteiger partial charge is 0.280 e. The van der Waals surface area contributed by atoms with Crippen LogP contribution in [-0.2, 0) is 6.42 Å². The Bertz CT molecular complexity index is 1380. The van der Waals surface area contributed by atoms with Gasteiger partial charge >= 0.3 is 0 Å². The van der Waals surface area contributed by atoms with Gasteiger partial charge in [-0.25, -0.2) is 4.68 Å². The number of H-pyrrole nitrogens is 1. The monoisotopic (exact) mass is 476 g/mol. The Balaban J connectivity index is 1.54. The molecule has 1 aliphatic heterocycles. The lowest BCUT2D eigenvalue weighted by molar-refractivity contribution is 0.0963. The van der Waals surface area contributed by atoms with Crippen LogP contribution in [0.2, 0.25) is 0 Å². The fourth-order valence-electron chi connectivity index (χ4n) is 4.17. The van der Waals surface area contributed by atoms with E-state index in [1.165, 1.54) is 10.2 Å². The van der Waals surface area contributed by atoms with Crippen LogP contribution in [0, 0.1) is 20.8 Å². The summed E-state index contributed by atoms with van der Waals surface area (Å²) < 4.78 is 1.54. The summed E-state index contributed by atoms with van der Waals surface area (Å²) in [6.07, 6.45) is 0.780. The second-order valence-electron chi connectivity index (χ2n) is 8.46. The number of aryl methyl sites for hydroxylation is 3. The minimum absolute atomic E-state index is 0.115. The molecule has 0 saturated carbocycles. The van der Waals surface area contributed by atoms with Crippen molar-refractivity contribution in [3.63, 3.8) is 0 Å². The molecule has 0 fully saturated rings. The number of aromatic nitrogens is 2. The van der Waals surface area contributed by atoms with Crippen molar-refractivity contribution < 1.29 is 4.79 Å². The van der Waals surface area contributed by atoms with Crippen molar-refractivity contribution in [2.24, 2.45) is 5.10 Å². The van der Waals surface area contributed by atoms with Crippen molar-refractivity contribution in [1.82, 2.24) is 20.5 Å². The lowest BCUT2D eigenvalue weighted by Gasteiger charge is -2.19. The number of hydrogen-bond donors (Lipinski definition) is 3. The van der Waals surface area contributed by atoms with Gasteiger partial charge in [0, 0.05) is 30.5 Å². The Morgan fingerprint density at radius 3 is 2.59 bits per heavy atom. The lowest BCUT2D eigenvalue weighted by Crippen LogP contribution is -2.36. The van der Waals surface area contributed by atoms with E-state index in [4.69, 9.17) is 12.2 Å². The fourth-order valence-corrected chi connectivity index (χ4v) is 4.40. The highest BCUT2D eigenvalue weighted by atomic mass is 32.1. The van der Waals surface area contributed by atoms with E-state index in [1.807, 2.05) is 56.0 Å². The average Bonchev–Trinajstić information content (AvgIpc) is 3.38. The zero-order chi connectivity index (χ0) is 24.6. The zero-order valence-electron chi connectivity index (χ0n) is 19.9. The molecule has 0 unspecified atom stereocenters. The van der Waals surface area contributed by atoms with Crippen molar-refractivity contribution in [1.29, 1.82) is 0 Å². The van der Waals surface area contributed by atoms with Crippen molar-refractivity contribution in [2.75, 3.05) is 18.5 Å². The standard InChI is InChI=1S/C25H28N6O2S/c1-14-6-8-20(12-15(14)2)31-24(33)22(17(4)29-31)16(3)27-28-25(34)30-11-10-18-13-19(23(32)26-5)7-9-21(18)30/h6-9,12-13,29H,10-11H2,1-5H3,(H,26,32)(H,28,34). The van der Waals surface area contributed by atoms with Gasteiger partial charge in [0.15, 0.2) is 5.11 Å². The predicted octanol–water partition coefficient (Wildman–Crippen LogP) is 3.11. The van der Waals surface area contributed by atoms with Gasteiger partial charge in [0.25, 0.3) is 11.5 Å². The van der Waals surface area contributed by atoms with Gasteiger partial charge in [-0.2, -0.15) is 5.10 Å². The molecule has 34 heavy (non-hydrogen) atoms. The van der Waals surface area contributed by atoms with Crippen LogP contribution in [0.3, 0.4) is 0 Å². The van der Waals surface area contributed by atoms with Gasteiger partial charge in [-0.15, -0.1) is 0 Å². The highest BCUT2D eigenvalue weighted by molar-refractivity contribution is 7.80. The Hall–Kier alpha value is -3.72. The molecule has 1 aliphatic rings. The van der Waals surface area contributed by atoms with Crippen molar-refractivity contribution in [3.05, 3.63) is 80.3 Å². The summed E-state index contributed by atoms with van der Waals surface area (Å²) in [6, 6.07) is 11.5. The molecule has 0 saturated heterocycles. The van der Waals surface area contributed by atoms with Crippen LogP contribution >= 0.6 is 12.2 Å². The minimum atomic E-state index is -0.164. The van der Waals surface area contributed by atoms with Crippen LogP contribution in [0.4, 0.5) is 5.69 Å². The molecule has 2 aromatic carbocycles. The number of fused-ring (bicyclic) bond motifs is 1. The molecular weight excluding hydrogens is 448 g/mol. The molecule has 0 bridgehead atoms. The first-order valence-corrected chi connectivity index (χ1v) is 11.5. The quantitative estimate of drug-likeness (QED) is 0.306. The highest BCUT2D eigenvalue weighted by Crippen LogP contribution is 2.29. The molecule has 1 amide bonds. The molecule has 4 rings (SSSR count). The third-order valence-electron chi connectivity index (χ3n) is 6.21. The van der Waals surface area contributed by atoms with Crippen molar-refractivity contribution in [2.45, 2.75) is 34.1 Å². The van der Waals surface area contributed by atoms with Gasteiger partial charge in [0.1, 0.15) is 0 Å². The van der Waals surface area contributed by atoms with Crippen LogP contribution < -0.4 is 21.2 Å². The topological polar surface area (TPSA) is 94.5 Å². The molecule has 8 nitrogen and oxygen atoms in total. The number of hydrazone groups is 1. The third kappa shape index (κ3) is 4.26. The van der Waals surface area contributed by atoms with E-state index in [9.17, 15) is 9.59 Å².